The van der Waals surface area contributed by atoms with Gasteiger partial charge in [0.15, 0.2) is 17.5 Å². The summed E-state index contributed by atoms with van der Waals surface area (Å²) in [5.41, 5.74) is 8.27. The summed E-state index contributed by atoms with van der Waals surface area (Å²) in [5, 5.41) is 7.16. The minimum Gasteiger partial charge on any atom is -0.336 e. The van der Waals surface area contributed by atoms with Gasteiger partial charge in [0.05, 0.1) is 6.04 Å². The van der Waals surface area contributed by atoms with Crippen molar-refractivity contribution in [3.05, 3.63) is 76.4 Å². The molecular formula is C25H26F3N5O2. The van der Waals surface area contributed by atoms with Gasteiger partial charge >= 0.3 is 6.01 Å². The van der Waals surface area contributed by atoms with Crippen molar-refractivity contribution < 1.29 is 22.5 Å². The summed E-state index contributed by atoms with van der Waals surface area (Å²) in [6.45, 7) is 0.810. The third-order valence-electron chi connectivity index (χ3n) is 6.56. The number of aromatic nitrogens is 2. The normalized spacial score (nSPS) is 18.3. The first kappa shape index (κ1) is 23.3. The third kappa shape index (κ3) is 5.32. The summed E-state index contributed by atoms with van der Waals surface area (Å²) in [4.78, 5) is 19.4. The Morgan fingerprint density at radius 2 is 1.89 bits per heavy atom. The van der Waals surface area contributed by atoms with Crippen molar-refractivity contribution >= 4 is 11.9 Å². The van der Waals surface area contributed by atoms with Crippen LogP contribution in [0.3, 0.4) is 0 Å². The standard InChI is InChI=1S/C25H26F3N5O2/c26-20-11-22(28)21(27)9-17(20)7-18(29)10-23(34)33-13-16-4-2-1-3-15(16)8-19(33)12-30-25-31-24(32-35-25)14-5-6-14/h1-4,9,11,14,18-19H,5-8,10,12-13,29H2,(H,30,31,32)/t18-,19+/m1/s1. The lowest BCUT2D eigenvalue weighted by Crippen LogP contribution is -2.49. The fourth-order valence-corrected chi connectivity index (χ4v) is 4.50. The van der Waals surface area contributed by atoms with Crippen LogP contribution in [0.25, 0.3) is 0 Å². The van der Waals surface area contributed by atoms with Crippen LogP contribution in [0.15, 0.2) is 40.9 Å². The Morgan fingerprint density at radius 1 is 1.14 bits per heavy atom. The Morgan fingerprint density at radius 3 is 2.66 bits per heavy atom. The smallest absolute Gasteiger partial charge is 0.321 e. The van der Waals surface area contributed by atoms with E-state index in [1.165, 1.54) is 0 Å². The van der Waals surface area contributed by atoms with E-state index < -0.39 is 23.5 Å². The molecule has 2 aromatic carbocycles. The highest BCUT2D eigenvalue weighted by molar-refractivity contribution is 5.77. The molecule has 1 fully saturated rings. The number of anilines is 1. The molecule has 2 heterocycles. The van der Waals surface area contributed by atoms with Crippen molar-refractivity contribution in [2.75, 3.05) is 11.9 Å². The Kier molecular flexibility index (Phi) is 6.46. The monoisotopic (exact) mass is 485 g/mol. The van der Waals surface area contributed by atoms with Crippen molar-refractivity contribution in [2.24, 2.45) is 5.73 Å². The SMILES string of the molecule is N[C@@H](CC(=O)N1Cc2ccccc2C[C@H]1CNc1nc(C2CC2)no1)Cc1cc(F)c(F)cc1F. The second-order valence-electron chi connectivity index (χ2n) is 9.29. The van der Waals surface area contributed by atoms with Crippen LogP contribution < -0.4 is 11.1 Å². The average Bonchev–Trinajstić information content (AvgIpc) is 3.58. The molecule has 0 bridgehead atoms. The molecule has 7 nitrogen and oxygen atoms in total. The Hall–Kier alpha value is -3.40. The molecule has 2 atom stereocenters. The lowest BCUT2D eigenvalue weighted by molar-refractivity contribution is -0.134. The van der Waals surface area contributed by atoms with Gasteiger partial charge in [0.25, 0.3) is 0 Å². The molecule has 1 aliphatic carbocycles. The number of rotatable bonds is 8. The predicted molar refractivity (Wildman–Crippen MR) is 122 cm³/mol. The highest BCUT2D eigenvalue weighted by Gasteiger charge is 2.32. The number of fused-ring (bicyclic) bond motifs is 1. The van der Waals surface area contributed by atoms with Gasteiger partial charge in [-0.15, -0.1) is 0 Å². The first-order chi connectivity index (χ1) is 16.9. The van der Waals surface area contributed by atoms with Gasteiger partial charge in [-0.3, -0.25) is 4.79 Å². The molecule has 35 heavy (non-hydrogen) atoms. The molecule has 5 rings (SSSR count). The van der Waals surface area contributed by atoms with Crippen molar-refractivity contribution in [3.8, 4) is 0 Å². The summed E-state index contributed by atoms with van der Waals surface area (Å²) in [7, 11) is 0. The zero-order valence-electron chi connectivity index (χ0n) is 19.0. The highest BCUT2D eigenvalue weighted by atomic mass is 19.2. The number of nitrogens with zero attached hydrogens (tertiary/aromatic N) is 3. The van der Waals surface area contributed by atoms with Gasteiger partial charge in [0, 0.05) is 37.5 Å². The lowest BCUT2D eigenvalue weighted by Gasteiger charge is -2.37. The van der Waals surface area contributed by atoms with E-state index in [1.54, 1.807) is 4.90 Å². The summed E-state index contributed by atoms with van der Waals surface area (Å²) >= 11 is 0. The predicted octanol–water partition coefficient (Wildman–Crippen LogP) is 3.69. The van der Waals surface area contributed by atoms with Crippen molar-refractivity contribution in [3.63, 3.8) is 0 Å². The summed E-state index contributed by atoms with van der Waals surface area (Å²) in [5.74, 6) is -2.43. The van der Waals surface area contributed by atoms with Gasteiger partial charge in [-0.2, -0.15) is 4.98 Å². The van der Waals surface area contributed by atoms with E-state index in [2.05, 4.69) is 15.5 Å². The summed E-state index contributed by atoms with van der Waals surface area (Å²) < 4.78 is 46.1. The lowest BCUT2D eigenvalue weighted by atomic mass is 9.93. The number of nitrogens with one attached hydrogen (secondary N) is 1. The van der Waals surface area contributed by atoms with Gasteiger partial charge in [0.2, 0.25) is 5.91 Å². The largest absolute Gasteiger partial charge is 0.336 e. The minimum absolute atomic E-state index is 0.0609. The molecule has 0 saturated heterocycles. The number of benzene rings is 2. The fourth-order valence-electron chi connectivity index (χ4n) is 4.50. The van der Waals surface area contributed by atoms with E-state index in [0.29, 0.717) is 43.3 Å². The topological polar surface area (TPSA) is 97.3 Å². The average molecular weight is 486 g/mol. The van der Waals surface area contributed by atoms with Gasteiger partial charge in [-0.05, 0) is 48.4 Å². The molecule has 1 saturated carbocycles. The summed E-state index contributed by atoms with van der Waals surface area (Å²) in [6.07, 6.45) is 2.61. The number of hydrogen-bond donors (Lipinski definition) is 2. The Labute approximate surface area is 200 Å². The van der Waals surface area contributed by atoms with Crippen LogP contribution in [-0.2, 0) is 24.2 Å². The molecule has 3 aromatic rings. The molecule has 1 aliphatic heterocycles. The van der Waals surface area contributed by atoms with E-state index in [4.69, 9.17) is 10.3 Å². The summed E-state index contributed by atoms with van der Waals surface area (Å²) in [6, 6.07) is 8.57. The van der Waals surface area contributed by atoms with Gasteiger partial charge in [-0.1, -0.05) is 29.4 Å². The number of carbonyl (C=O) groups is 1. The molecule has 2 aliphatic rings. The van der Waals surface area contributed by atoms with Crippen LogP contribution in [0, 0.1) is 17.5 Å². The molecule has 0 spiro atoms. The van der Waals surface area contributed by atoms with Gasteiger partial charge in [0.1, 0.15) is 5.82 Å². The van der Waals surface area contributed by atoms with E-state index >= 15 is 0 Å². The van der Waals surface area contributed by atoms with Gasteiger partial charge in [-0.25, -0.2) is 13.2 Å². The number of carbonyl (C=O) groups excluding carboxylic acids is 1. The minimum atomic E-state index is -1.26. The quantitative estimate of drug-likeness (QED) is 0.473. The number of halogens is 3. The van der Waals surface area contributed by atoms with E-state index in [-0.39, 0.29) is 30.4 Å². The second kappa shape index (κ2) is 9.69. The molecule has 1 aromatic heterocycles. The van der Waals surface area contributed by atoms with Crippen LogP contribution in [0.2, 0.25) is 0 Å². The third-order valence-corrected chi connectivity index (χ3v) is 6.56. The number of nitrogens with two attached hydrogens (primary N) is 1. The van der Waals surface area contributed by atoms with E-state index in [9.17, 15) is 18.0 Å². The molecule has 10 heteroatoms. The molecule has 3 N–H and O–H groups in total. The van der Waals surface area contributed by atoms with Crippen molar-refractivity contribution in [1.82, 2.24) is 15.0 Å². The Balaban J connectivity index is 1.27. The number of amides is 1. The maximum Gasteiger partial charge on any atom is 0.321 e. The van der Waals surface area contributed by atoms with Gasteiger partial charge < -0.3 is 20.5 Å². The van der Waals surface area contributed by atoms with Crippen LogP contribution >= 0.6 is 0 Å². The second-order valence-corrected chi connectivity index (χ2v) is 9.29. The highest BCUT2D eigenvalue weighted by Crippen LogP contribution is 2.38. The van der Waals surface area contributed by atoms with E-state index in [1.807, 2.05) is 24.3 Å². The maximum absolute atomic E-state index is 14.0. The fraction of sp³-hybridized carbons (Fsp3) is 0.400. The molecule has 184 valence electrons. The van der Waals surface area contributed by atoms with E-state index in [0.717, 1.165) is 30.0 Å². The number of hydrogen-bond acceptors (Lipinski definition) is 6. The van der Waals surface area contributed by atoms with Crippen LogP contribution in [-0.4, -0.2) is 39.6 Å². The zero-order valence-corrected chi connectivity index (χ0v) is 19.0. The molecule has 0 unspecified atom stereocenters. The van der Waals surface area contributed by atoms with Crippen LogP contribution in [0.1, 0.15) is 47.7 Å². The van der Waals surface area contributed by atoms with Crippen LogP contribution in [0.4, 0.5) is 19.2 Å². The maximum atomic E-state index is 14.0. The first-order valence-electron chi connectivity index (χ1n) is 11.7. The van der Waals surface area contributed by atoms with Crippen LogP contribution in [0.5, 0.6) is 0 Å². The van der Waals surface area contributed by atoms with Crippen molar-refractivity contribution in [2.45, 2.75) is 56.7 Å². The zero-order chi connectivity index (χ0) is 24.5. The first-order valence-corrected chi connectivity index (χ1v) is 11.7. The van der Waals surface area contributed by atoms with Crippen molar-refractivity contribution in [1.29, 1.82) is 0 Å². The molecular weight excluding hydrogens is 459 g/mol. The molecule has 0 radical (unpaired) electrons. The Bertz CT molecular complexity index is 1230. The molecule has 1 amide bonds.